The number of benzene rings is 1. The summed E-state index contributed by atoms with van der Waals surface area (Å²) in [7, 11) is 0. The van der Waals surface area contributed by atoms with Gasteiger partial charge in [0.2, 0.25) is 0 Å². The first-order chi connectivity index (χ1) is 12.7. The molecule has 2 aromatic rings. The van der Waals surface area contributed by atoms with Gasteiger partial charge in [-0.05, 0) is 56.8 Å². The maximum atomic E-state index is 12.4. The zero-order chi connectivity index (χ0) is 17.9. The maximum absolute atomic E-state index is 12.4. The summed E-state index contributed by atoms with van der Waals surface area (Å²) >= 11 is 0. The van der Waals surface area contributed by atoms with Crippen molar-refractivity contribution < 1.29 is 4.79 Å². The molecule has 7 heteroatoms. The van der Waals surface area contributed by atoms with Crippen molar-refractivity contribution in [1.82, 2.24) is 25.1 Å². The number of para-hydroxylation sites is 2. The number of aromatic amines is 1. The number of hydrogen-bond acceptors (Lipinski definition) is 3. The molecule has 0 aliphatic carbocycles. The summed E-state index contributed by atoms with van der Waals surface area (Å²) < 4.78 is 1.86. The summed E-state index contributed by atoms with van der Waals surface area (Å²) in [5.74, 6) is 0.537. The molecule has 0 bridgehead atoms. The van der Waals surface area contributed by atoms with E-state index in [4.69, 9.17) is 0 Å². The lowest BCUT2D eigenvalue weighted by molar-refractivity contribution is 0.169. The molecule has 1 aromatic carbocycles. The highest BCUT2D eigenvalue weighted by Crippen LogP contribution is 2.24. The summed E-state index contributed by atoms with van der Waals surface area (Å²) in [6.45, 7) is 4.20. The highest BCUT2D eigenvalue weighted by atomic mass is 16.2. The van der Waals surface area contributed by atoms with Gasteiger partial charge in [-0.3, -0.25) is 4.57 Å². The molecule has 3 N–H and O–H groups in total. The molecule has 4 rings (SSSR count). The first kappa shape index (κ1) is 17.1. The van der Waals surface area contributed by atoms with Gasteiger partial charge < -0.3 is 20.5 Å². The standard InChI is InChI=1S/C19H27N5O2/c25-18(21-13-14-4-3-9-20-12-14)23-10-7-15(8-11-23)24-17-6-2-1-5-16(17)22-19(24)26/h1-2,5-6,14-15,20H,3-4,7-13H2,(H,21,25)(H,22,26). The van der Waals surface area contributed by atoms with Crippen LogP contribution in [0.1, 0.15) is 31.7 Å². The Labute approximate surface area is 152 Å². The van der Waals surface area contributed by atoms with E-state index in [1.165, 1.54) is 12.8 Å². The number of urea groups is 1. The van der Waals surface area contributed by atoms with E-state index in [1.54, 1.807) is 0 Å². The Bertz CT molecular complexity index is 813. The van der Waals surface area contributed by atoms with Crippen LogP contribution in [0.5, 0.6) is 0 Å². The van der Waals surface area contributed by atoms with Gasteiger partial charge in [-0.2, -0.15) is 0 Å². The number of fused-ring (bicyclic) bond motifs is 1. The zero-order valence-corrected chi connectivity index (χ0v) is 15.0. The SMILES string of the molecule is O=C(NCC1CCCNC1)N1CCC(n2c(=O)[nH]c3ccccc32)CC1. The fourth-order valence-corrected chi connectivity index (χ4v) is 4.21. The quantitative estimate of drug-likeness (QED) is 0.782. The predicted octanol–water partition coefficient (Wildman–Crippen LogP) is 1.68. The molecule has 2 aliphatic rings. The first-order valence-electron chi connectivity index (χ1n) is 9.65. The van der Waals surface area contributed by atoms with E-state index in [2.05, 4.69) is 15.6 Å². The van der Waals surface area contributed by atoms with Crippen LogP contribution in [0.4, 0.5) is 4.79 Å². The summed E-state index contributed by atoms with van der Waals surface area (Å²) in [5.41, 5.74) is 1.77. The van der Waals surface area contributed by atoms with E-state index in [0.717, 1.165) is 43.5 Å². The maximum Gasteiger partial charge on any atom is 0.326 e. The van der Waals surface area contributed by atoms with Crippen LogP contribution >= 0.6 is 0 Å². The summed E-state index contributed by atoms with van der Waals surface area (Å²) in [4.78, 5) is 29.6. The van der Waals surface area contributed by atoms with Crippen molar-refractivity contribution in [1.29, 1.82) is 0 Å². The molecule has 0 radical (unpaired) electrons. The number of hydrogen-bond donors (Lipinski definition) is 3. The van der Waals surface area contributed by atoms with Crippen molar-refractivity contribution >= 4 is 17.1 Å². The predicted molar refractivity (Wildman–Crippen MR) is 101 cm³/mol. The molecule has 0 saturated carbocycles. The van der Waals surface area contributed by atoms with E-state index in [1.807, 2.05) is 33.7 Å². The average Bonchev–Trinajstić information content (AvgIpc) is 3.03. The van der Waals surface area contributed by atoms with Gasteiger partial charge in [0.05, 0.1) is 11.0 Å². The Morgan fingerprint density at radius 3 is 2.77 bits per heavy atom. The van der Waals surface area contributed by atoms with Gasteiger partial charge in [0.25, 0.3) is 0 Å². The van der Waals surface area contributed by atoms with Gasteiger partial charge in [-0.25, -0.2) is 9.59 Å². The molecule has 2 fully saturated rings. The van der Waals surface area contributed by atoms with Gasteiger partial charge in [0.15, 0.2) is 0 Å². The minimum atomic E-state index is -0.0566. The Morgan fingerprint density at radius 2 is 2.00 bits per heavy atom. The summed E-state index contributed by atoms with van der Waals surface area (Å²) in [6, 6.07) is 7.96. The van der Waals surface area contributed by atoms with Crippen molar-refractivity contribution in [3.63, 3.8) is 0 Å². The topological polar surface area (TPSA) is 82.2 Å². The number of H-pyrrole nitrogens is 1. The largest absolute Gasteiger partial charge is 0.338 e. The Hall–Kier alpha value is -2.28. The third kappa shape index (κ3) is 3.49. The van der Waals surface area contributed by atoms with Gasteiger partial charge in [0.1, 0.15) is 0 Å². The van der Waals surface area contributed by atoms with Crippen molar-refractivity contribution in [2.45, 2.75) is 31.7 Å². The molecule has 1 unspecified atom stereocenters. The molecular weight excluding hydrogens is 330 g/mol. The number of carbonyl (C=O) groups is 1. The molecular formula is C19H27N5O2. The number of imidazole rings is 1. The number of nitrogens with one attached hydrogen (secondary N) is 3. The summed E-state index contributed by atoms with van der Waals surface area (Å²) in [6.07, 6.45) is 3.98. The van der Waals surface area contributed by atoms with Crippen LogP contribution in [0.3, 0.4) is 0 Å². The number of carbonyl (C=O) groups excluding carboxylic acids is 1. The van der Waals surface area contributed by atoms with Crippen LogP contribution in [0.25, 0.3) is 11.0 Å². The van der Waals surface area contributed by atoms with Crippen molar-refractivity contribution in [2.24, 2.45) is 5.92 Å². The third-order valence-electron chi connectivity index (χ3n) is 5.68. The highest BCUT2D eigenvalue weighted by Gasteiger charge is 2.26. The number of rotatable bonds is 3. The number of piperidine rings is 2. The first-order valence-corrected chi connectivity index (χ1v) is 9.65. The van der Waals surface area contributed by atoms with E-state index in [-0.39, 0.29) is 17.8 Å². The van der Waals surface area contributed by atoms with Crippen molar-refractivity contribution in [3.8, 4) is 0 Å². The summed E-state index contributed by atoms with van der Waals surface area (Å²) in [5, 5.41) is 6.46. The van der Waals surface area contributed by atoms with Crippen LogP contribution in [-0.2, 0) is 0 Å². The van der Waals surface area contributed by atoms with E-state index < -0.39 is 0 Å². The Balaban J connectivity index is 1.34. The molecule has 1 aromatic heterocycles. The Kier molecular flexibility index (Phi) is 4.97. The third-order valence-corrected chi connectivity index (χ3v) is 5.68. The van der Waals surface area contributed by atoms with Gasteiger partial charge in [0, 0.05) is 25.7 Å². The Morgan fingerprint density at radius 1 is 1.19 bits per heavy atom. The van der Waals surface area contributed by atoms with Crippen molar-refractivity contribution in [2.75, 3.05) is 32.7 Å². The van der Waals surface area contributed by atoms with Crippen LogP contribution in [0, 0.1) is 5.92 Å². The monoisotopic (exact) mass is 357 g/mol. The van der Waals surface area contributed by atoms with Gasteiger partial charge in [-0.15, -0.1) is 0 Å². The van der Waals surface area contributed by atoms with Crippen LogP contribution in [0.15, 0.2) is 29.1 Å². The second-order valence-corrected chi connectivity index (χ2v) is 7.43. The minimum absolute atomic E-state index is 0.0281. The van der Waals surface area contributed by atoms with Crippen LogP contribution in [-0.4, -0.2) is 53.2 Å². The number of likely N-dealkylation sites (tertiary alicyclic amines) is 1. The normalized spacial score (nSPS) is 21.8. The van der Waals surface area contributed by atoms with Crippen LogP contribution in [0.2, 0.25) is 0 Å². The molecule has 7 nitrogen and oxygen atoms in total. The molecule has 0 spiro atoms. The lowest BCUT2D eigenvalue weighted by atomic mass is 10.00. The fourth-order valence-electron chi connectivity index (χ4n) is 4.21. The molecule has 2 aliphatic heterocycles. The molecule has 26 heavy (non-hydrogen) atoms. The van der Waals surface area contributed by atoms with E-state index in [9.17, 15) is 9.59 Å². The van der Waals surface area contributed by atoms with Gasteiger partial charge in [-0.1, -0.05) is 12.1 Å². The lowest BCUT2D eigenvalue weighted by Gasteiger charge is -2.33. The molecule has 1 atom stereocenters. The second-order valence-electron chi connectivity index (χ2n) is 7.43. The number of aromatic nitrogens is 2. The van der Waals surface area contributed by atoms with E-state index in [0.29, 0.717) is 19.0 Å². The fraction of sp³-hybridized carbons (Fsp3) is 0.579. The molecule has 2 amide bonds. The average molecular weight is 357 g/mol. The molecule has 3 heterocycles. The van der Waals surface area contributed by atoms with E-state index >= 15 is 0 Å². The van der Waals surface area contributed by atoms with Crippen LogP contribution < -0.4 is 16.3 Å². The zero-order valence-electron chi connectivity index (χ0n) is 15.0. The smallest absolute Gasteiger partial charge is 0.326 e. The molecule has 140 valence electrons. The number of nitrogens with zero attached hydrogens (tertiary/aromatic N) is 2. The van der Waals surface area contributed by atoms with Gasteiger partial charge >= 0.3 is 11.7 Å². The molecule has 2 saturated heterocycles. The minimum Gasteiger partial charge on any atom is -0.338 e. The second kappa shape index (κ2) is 7.53. The van der Waals surface area contributed by atoms with Crippen molar-refractivity contribution in [3.05, 3.63) is 34.7 Å². The number of amides is 2. The highest BCUT2D eigenvalue weighted by molar-refractivity contribution is 5.75. The lowest BCUT2D eigenvalue weighted by Crippen LogP contribution is -2.47.